The van der Waals surface area contributed by atoms with E-state index in [-0.39, 0.29) is 5.91 Å². The summed E-state index contributed by atoms with van der Waals surface area (Å²) in [7, 11) is 0. The molecule has 1 saturated heterocycles. The van der Waals surface area contributed by atoms with Gasteiger partial charge >= 0.3 is 0 Å². The van der Waals surface area contributed by atoms with Gasteiger partial charge in [-0.15, -0.1) is 0 Å². The minimum absolute atomic E-state index is 0.156. The van der Waals surface area contributed by atoms with Gasteiger partial charge in [-0.3, -0.25) is 14.7 Å². The van der Waals surface area contributed by atoms with Gasteiger partial charge in [0.1, 0.15) is 0 Å². The second-order valence-electron chi connectivity index (χ2n) is 7.42. The molecule has 0 radical (unpaired) electrons. The first kappa shape index (κ1) is 18.9. The first-order valence-corrected chi connectivity index (χ1v) is 9.66. The van der Waals surface area contributed by atoms with Crippen LogP contribution in [0.25, 0.3) is 6.08 Å². The number of aryl methyl sites for hydroxylation is 1. The second-order valence-corrected chi connectivity index (χ2v) is 7.42. The number of amides is 1. The molecular weight excluding hydrogens is 360 g/mol. The summed E-state index contributed by atoms with van der Waals surface area (Å²) in [6.07, 6.45) is 5.94. The first-order valence-electron chi connectivity index (χ1n) is 9.66. The zero-order chi connectivity index (χ0) is 20.2. The van der Waals surface area contributed by atoms with Gasteiger partial charge < -0.3 is 11.1 Å². The number of carbonyl (C=O) groups is 1. The fourth-order valence-electron chi connectivity index (χ4n) is 3.49. The number of hydrogen-bond acceptors (Lipinski definition) is 4. The molecule has 0 bridgehead atoms. The summed E-state index contributed by atoms with van der Waals surface area (Å²) in [4.78, 5) is 19.1. The molecule has 1 fully saturated rings. The maximum Gasteiger partial charge on any atom is 0.255 e. The minimum Gasteiger partial charge on any atom is -0.397 e. The zero-order valence-corrected chi connectivity index (χ0v) is 16.4. The number of rotatable bonds is 5. The van der Waals surface area contributed by atoms with Gasteiger partial charge in [-0.25, -0.2) is 0 Å². The number of nitrogen functional groups attached to an aromatic ring is 1. The van der Waals surface area contributed by atoms with Crippen molar-refractivity contribution in [3.8, 4) is 0 Å². The Kier molecular flexibility index (Phi) is 5.40. The molecule has 29 heavy (non-hydrogen) atoms. The minimum atomic E-state index is -0.156. The molecule has 0 aliphatic carbocycles. The lowest BCUT2D eigenvalue weighted by atomic mass is 9.99. The highest BCUT2D eigenvalue weighted by molar-refractivity contribution is 6.06. The van der Waals surface area contributed by atoms with Gasteiger partial charge in [-0.2, -0.15) is 0 Å². The number of carbonyl (C=O) groups excluding carboxylic acids is 1. The first-order chi connectivity index (χ1) is 14.1. The molecule has 0 unspecified atom stereocenters. The Hall–Kier alpha value is -3.44. The molecule has 5 heteroatoms. The third-order valence-corrected chi connectivity index (χ3v) is 5.08. The van der Waals surface area contributed by atoms with Gasteiger partial charge in [-0.05, 0) is 59.5 Å². The van der Waals surface area contributed by atoms with Crippen molar-refractivity contribution in [3.05, 3.63) is 94.8 Å². The molecule has 5 nitrogen and oxygen atoms in total. The molecule has 146 valence electrons. The molecule has 4 rings (SSSR count). The Morgan fingerprint density at radius 1 is 1.17 bits per heavy atom. The summed E-state index contributed by atoms with van der Waals surface area (Å²) in [5.74, 6) is -0.156. The molecule has 0 atom stereocenters. The number of para-hydroxylation sites is 2. The molecule has 1 aliphatic heterocycles. The molecule has 1 amide bonds. The quantitative estimate of drug-likeness (QED) is 0.649. The van der Waals surface area contributed by atoms with Crippen LogP contribution in [0.2, 0.25) is 0 Å². The smallest absolute Gasteiger partial charge is 0.255 e. The van der Waals surface area contributed by atoms with Crippen molar-refractivity contribution >= 4 is 23.4 Å². The van der Waals surface area contributed by atoms with Crippen LogP contribution in [0.15, 0.2) is 72.6 Å². The number of aromatic nitrogens is 1. The number of likely N-dealkylation sites (tertiary alicyclic amines) is 1. The van der Waals surface area contributed by atoms with Crippen LogP contribution >= 0.6 is 0 Å². The molecule has 1 aliphatic rings. The van der Waals surface area contributed by atoms with Crippen LogP contribution in [-0.4, -0.2) is 28.9 Å². The van der Waals surface area contributed by atoms with Crippen LogP contribution in [0, 0.1) is 6.92 Å². The van der Waals surface area contributed by atoms with Crippen LogP contribution in [0.5, 0.6) is 0 Å². The highest BCUT2D eigenvalue weighted by Crippen LogP contribution is 2.23. The summed E-state index contributed by atoms with van der Waals surface area (Å²) in [6, 6.07) is 17.1. The summed E-state index contributed by atoms with van der Waals surface area (Å²) >= 11 is 0. The van der Waals surface area contributed by atoms with Crippen molar-refractivity contribution in [1.82, 2.24) is 9.88 Å². The van der Waals surface area contributed by atoms with Gasteiger partial charge in [0.25, 0.3) is 5.91 Å². The van der Waals surface area contributed by atoms with Crippen LogP contribution in [0.1, 0.15) is 27.0 Å². The van der Waals surface area contributed by atoms with Crippen molar-refractivity contribution in [3.63, 3.8) is 0 Å². The van der Waals surface area contributed by atoms with Crippen LogP contribution in [0.4, 0.5) is 11.4 Å². The molecular formula is C24H24N4O. The average Bonchev–Trinajstić information content (AvgIpc) is 2.70. The number of nitrogens with two attached hydrogens (primary N) is 1. The maximum atomic E-state index is 12.5. The topological polar surface area (TPSA) is 71.2 Å². The molecule has 0 saturated carbocycles. The lowest BCUT2D eigenvalue weighted by Gasteiger charge is -2.34. The predicted molar refractivity (Wildman–Crippen MR) is 117 cm³/mol. The fraction of sp³-hybridized carbons (Fsp3) is 0.167. The lowest BCUT2D eigenvalue weighted by molar-refractivity contribution is 0.102. The number of nitrogens with zero attached hydrogens (tertiary/aromatic N) is 2. The van der Waals surface area contributed by atoms with E-state index in [0.29, 0.717) is 16.9 Å². The van der Waals surface area contributed by atoms with Crippen molar-refractivity contribution in [2.75, 3.05) is 24.1 Å². The standard InChI is InChI=1S/C24H24N4O/c1-17-11-21(24(29)27-23-7-3-2-6-22(23)25)9-8-20(17)12-19-15-28(16-19)14-18-5-4-10-26-13-18/h2-13H,14-16,25H2,1H3,(H,27,29). The van der Waals surface area contributed by atoms with E-state index in [1.807, 2.05) is 49.5 Å². The van der Waals surface area contributed by atoms with E-state index in [9.17, 15) is 4.79 Å². The fourth-order valence-corrected chi connectivity index (χ4v) is 3.49. The van der Waals surface area contributed by atoms with Gasteiger partial charge in [0, 0.05) is 37.6 Å². The highest BCUT2D eigenvalue weighted by atomic mass is 16.1. The number of nitrogens with one attached hydrogen (secondary N) is 1. The molecule has 1 aromatic heterocycles. The number of anilines is 2. The van der Waals surface area contributed by atoms with Gasteiger partial charge in [0.2, 0.25) is 0 Å². The SMILES string of the molecule is Cc1cc(C(=O)Nc2ccccc2N)ccc1C=C1CN(Cc2cccnc2)C1. The molecule has 2 aromatic carbocycles. The summed E-state index contributed by atoms with van der Waals surface area (Å²) in [5.41, 5.74) is 12.6. The number of hydrogen-bond donors (Lipinski definition) is 2. The largest absolute Gasteiger partial charge is 0.397 e. The summed E-state index contributed by atoms with van der Waals surface area (Å²) in [5, 5.41) is 2.87. The van der Waals surface area contributed by atoms with E-state index in [2.05, 4.69) is 27.3 Å². The van der Waals surface area contributed by atoms with Gasteiger partial charge in [-0.1, -0.05) is 30.3 Å². The Bertz CT molecular complexity index is 1050. The second kappa shape index (κ2) is 8.29. The third-order valence-electron chi connectivity index (χ3n) is 5.08. The number of pyridine rings is 1. The van der Waals surface area contributed by atoms with E-state index >= 15 is 0 Å². The lowest BCUT2D eigenvalue weighted by Crippen LogP contribution is -2.39. The van der Waals surface area contributed by atoms with Crippen LogP contribution < -0.4 is 11.1 Å². The monoisotopic (exact) mass is 384 g/mol. The van der Waals surface area contributed by atoms with Crippen molar-refractivity contribution in [2.45, 2.75) is 13.5 Å². The summed E-state index contributed by atoms with van der Waals surface area (Å²) in [6.45, 7) is 4.88. The van der Waals surface area contributed by atoms with E-state index in [0.717, 1.165) is 30.8 Å². The molecule has 3 N–H and O–H groups in total. The normalized spacial score (nSPS) is 13.6. The predicted octanol–water partition coefficient (Wildman–Crippen LogP) is 4.12. The summed E-state index contributed by atoms with van der Waals surface area (Å²) < 4.78 is 0. The Morgan fingerprint density at radius 3 is 2.72 bits per heavy atom. The van der Waals surface area contributed by atoms with E-state index < -0.39 is 0 Å². The molecule has 3 aromatic rings. The Morgan fingerprint density at radius 2 is 2.00 bits per heavy atom. The number of benzene rings is 2. The average molecular weight is 384 g/mol. The van der Waals surface area contributed by atoms with E-state index in [1.165, 1.54) is 11.1 Å². The van der Waals surface area contributed by atoms with Gasteiger partial charge in [0.15, 0.2) is 0 Å². The van der Waals surface area contributed by atoms with E-state index in [4.69, 9.17) is 5.73 Å². The van der Waals surface area contributed by atoms with Crippen molar-refractivity contribution < 1.29 is 4.79 Å². The Labute approximate surface area is 170 Å². The van der Waals surface area contributed by atoms with Crippen molar-refractivity contribution in [2.24, 2.45) is 0 Å². The molecule has 0 spiro atoms. The Balaban J connectivity index is 1.38. The van der Waals surface area contributed by atoms with E-state index in [1.54, 1.807) is 18.3 Å². The van der Waals surface area contributed by atoms with Crippen LogP contribution in [-0.2, 0) is 6.54 Å². The highest BCUT2D eigenvalue weighted by Gasteiger charge is 2.20. The maximum absolute atomic E-state index is 12.5. The third kappa shape index (κ3) is 4.52. The van der Waals surface area contributed by atoms with Crippen molar-refractivity contribution in [1.29, 1.82) is 0 Å². The van der Waals surface area contributed by atoms with Crippen LogP contribution in [0.3, 0.4) is 0 Å². The molecule has 2 heterocycles. The van der Waals surface area contributed by atoms with Gasteiger partial charge in [0.05, 0.1) is 11.4 Å². The zero-order valence-electron chi connectivity index (χ0n) is 16.4.